The second kappa shape index (κ2) is 8.20. The van der Waals surface area contributed by atoms with Crippen LogP contribution in [0, 0.1) is 20.8 Å². The second-order valence-corrected chi connectivity index (χ2v) is 9.67. The fourth-order valence-electron chi connectivity index (χ4n) is 3.99. The van der Waals surface area contributed by atoms with Crippen LogP contribution in [0.4, 0.5) is 4.79 Å². The molecule has 0 radical (unpaired) electrons. The molecule has 2 heterocycles. The highest BCUT2D eigenvalue weighted by molar-refractivity contribution is 8.18. The lowest BCUT2D eigenvalue weighted by Crippen LogP contribution is -2.42. The number of phenolic OH excluding ortho intramolecular Hbond substituents is 1. The summed E-state index contributed by atoms with van der Waals surface area (Å²) in [6.07, 6.45) is 3.32. The van der Waals surface area contributed by atoms with Crippen LogP contribution < -0.4 is 9.47 Å². The lowest BCUT2D eigenvalue weighted by molar-refractivity contribution is -0.121. The summed E-state index contributed by atoms with van der Waals surface area (Å²) in [5, 5.41) is 10.1. The van der Waals surface area contributed by atoms with Gasteiger partial charge in [0, 0.05) is 12.6 Å². The van der Waals surface area contributed by atoms with Gasteiger partial charge in [-0.15, -0.1) is 0 Å². The summed E-state index contributed by atoms with van der Waals surface area (Å²) >= 11 is 0.943. The molecule has 1 N–H and O–H groups in total. The first-order chi connectivity index (χ1) is 15.1. The molecule has 0 aliphatic carbocycles. The molecule has 168 valence electrons. The van der Waals surface area contributed by atoms with Crippen LogP contribution in [0.2, 0.25) is 0 Å². The van der Waals surface area contributed by atoms with E-state index in [2.05, 4.69) is 0 Å². The Kier molecular flexibility index (Phi) is 5.71. The van der Waals surface area contributed by atoms with Crippen molar-refractivity contribution >= 4 is 29.0 Å². The van der Waals surface area contributed by atoms with Gasteiger partial charge in [0.1, 0.15) is 29.5 Å². The van der Waals surface area contributed by atoms with E-state index in [0.29, 0.717) is 23.0 Å². The summed E-state index contributed by atoms with van der Waals surface area (Å²) < 4.78 is 12.4. The number of thioether (sulfide) groups is 1. The standard InChI is InChI=1S/C25H27NO5S/c1-14-15(2)22-19(16(3)21(14)27)10-11-25(4,31-22)13-30-18-8-6-17(7-9-18)12-20-23(28)26(5)24(29)32-20/h6-9,12,27H,10-11,13H2,1-5H3/b20-12+. The van der Waals surface area contributed by atoms with Crippen LogP contribution in [0.1, 0.15) is 41.2 Å². The van der Waals surface area contributed by atoms with Crippen molar-refractivity contribution in [3.05, 3.63) is 57.0 Å². The molecule has 1 saturated heterocycles. The first-order valence-corrected chi connectivity index (χ1v) is 11.4. The number of benzene rings is 2. The fraction of sp³-hybridized carbons (Fsp3) is 0.360. The maximum absolute atomic E-state index is 12.0. The predicted molar refractivity (Wildman–Crippen MR) is 125 cm³/mol. The van der Waals surface area contributed by atoms with Crippen molar-refractivity contribution in [3.8, 4) is 17.2 Å². The van der Waals surface area contributed by atoms with E-state index in [-0.39, 0.29) is 11.1 Å². The van der Waals surface area contributed by atoms with Crippen molar-refractivity contribution in [1.82, 2.24) is 4.90 Å². The van der Waals surface area contributed by atoms with Crippen LogP contribution in [0.5, 0.6) is 17.2 Å². The number of imide groups is 1. The lowest BCUT2D eigenvalue weighted by atomic mass is 9.87. The first-order valence-electron chi connectivity index (χ1n) is 10.5. The molecule has 1 atom stereocenters. The third-order valence-corrected chi connectivity index (χ3v) is 7.26. The van der Waals surface area contributed by atoms with Gasteiger partial charge in [0.15, 0.2) is 0 Å². The van der Waals surface area contributed by atoms with Gasteiger partial charge in [-0.05, 0) is 92.8 Å². The highest BCUT2D eigenvalue weighted by Gasteiger charge is 2.35. The van der Waals surface area contributed by atoms with Gasteiger partial charge in [0.2, 0.25) is 0 Å². The molecule has 2 aromatic rings. The Morgan fingerprint density at radius 3 is 2.47 bits per heavy atom. The van der Waals surface area contributed by atoms with E-state index in [4.69, 9.17) is 9.47 Å². The number of carbonyl (C=O) groups is 2. The molecule has 2 amide bonds. The van der Waals surface area contributed by atoms with Gasteiger partial charge in [0.05, 0.1) is 4.91 Å². The molecule has 2 aliphatic heterocycles. The van der Waals surface area contributed by atoms with Gasteiger partial charge in [-0.25, -0.2) is 0 Å². The molecular weight excluding hydrogens is 426 g/mol. The highest BCUT2D eigenvalue weighted by atomic mass is 32.2. The average Bonchev–Trinajstić information content (AvgIpc) is 3.02. The zero-order valence-corrected chi connectivity index (χ0v) is 19.8. The maximum atomic E-state index is 12.0. The van der Waals surface area contributed by atoms with Crippen molar-refractivity contribution in [2.75, 3.05) is 13.7 Å². The Bertz CT molecular complexity index is 1140. The van der Waals surface area contributed by atoms with Gasteiger partial charge in [-0.2, -0.15) is 0 Å². The van der Waals surface area contributed by atoms with E-state index in [1.54, 1.807) is 6.08 Å². The molecule has 1 unspecified atom stereocenters. The second-order valence-electron chi connectivity index (χ2n) is 8.68. The van der Waals surface area contributed by atoms with Gasteiger partial charge in [0.25, 0.3) is 11.1 Å². The number of hydrogen-bond acceptors (Lipinski definition) is 6. The summed E-state index contributed by atoms with van der Waals surface area (Å²) in [6.45, 7) is 8.25. The minimum absolute atomic E-state index is 0.265. The number of hydrogen-bond donors (Lipinski definition) is 1. The zero-order chi connectivity index (χ0) is 23.2. The summed E-state index contributed by atoms with van der Waals surface area (Å²) in [4.78, 5) is 25.2. The molecule has 0 bridgehead atoms. The van der Waals surface area contributed by atoms with E-state index in [0.717, 1.165) is 63.1 Å². The first kappa shape index (κ1) is 22.3. The Labute approximate surface area is 192 Å². The molecule has 2 aromatic carbocycles. The monoisotopic (exact) mass is 453 g/mol. The van der Waals surface area contributed by atoms with Crippen LogP contribution in [-0.4, -0.2) is 40.4 Å². The lowest BCUT2D eigenvalue weighted by Gasteiger charge is -2.37. The molecule has 2 aliphatic rings. The van der Waals surface area contributed by atoms with E-state index in [9.17, 15) is 14.7 Å². The third kappa shape index (κ3) is 3.97. The van der Waals surface area contributed by atoms with Crippen LogP contribution in [0.15, 0.2) is 29.2 Å². The molecule has 0 aromatic heterocycles. The number of likely N-dealkylation sites (N-methyl/N-ethyl adjacent to an activating group) is 1. The van der Waals surface area contributed by atoms with Crippen LogP contribution >= 0.6 is 11.8 Å². The molecule has 1 fully saturated rings. The maximum Gasteiger partial charge on any atom is 0.293 e. The van der Waals surface area contributed by atoms with Crippen molar-refractivity contribution in [2.45, 2.75) is 46.1 Å². The van der Waals surface area contributed by atoms with E-state index in [1.807, 2.05) is 52.0 Å². The summed E-state index contributed by atoms with van der Waals surface area (Å²) in [7, 11) is 1.48. The van der Waals surface area contributed by atoms with Crippen molar-refractivity contribution in [3.63, 3.8) is 0 Å². The molecule has 4 rings (SSSR count). The minimum Gasteiger partial charge on any atom is -0.507 e. The Morgan fingerprint density at radius 1 is 1.16 bits per heavy atom. The Balaban J connectivity index is 1.44. The van der Waals surface area contributed by atoms with Gasteiger partial charge in [-0.3, -0.25) is 14.5 Å². The Morgan fingerprint density at radius 2 is 1.84 bits per heavy atom. The topological polar surface area (TPSA) is 76.1 Å². The number of phenols is 1. The number of nitrogens with zero attached hydrogens (tertiary/aromatic N) is 1. The third-order valence-electron chi connectivity index (χ3n) is 6.30. The number of ether oxygens (including phenoxy) is 2. The predicted octanol–water partition coefficient (Wildman–Crippen LogP) is 5.15. The van der Waals surface area contributed by atoms with Crippen LogP contribution in [0.3, 0.4) is 0 Å². The smallest absolute Gasteiger partial charge is 0.293 e. The van der Waals surface area contributed by atoms with E-state index in [1.165, 1.54) is 7.05 Å². The zero-order valence-electron chi connectivity index (χ0n) is 18.9. The molecule has 6 nitrogen and oxygen atoms in total. The van der Waals surface area contributed by atoms with Crippen molar-refractivity contribution in [2.24, 2.45) is 0 Å². The normalized spacial score (nSPS) is 21.7. The van der Waals surface area contributed by atoms with E-state index >= 15 is 0 Å². The van der Waals surface area contributed by atoms with Crippen LogP contribution in [-0.2, 0) is 11.2 Å². The quantitative estimate of drug-likeness (QED) is 0.646. The van der Waals surface area contributed by atoms with Gasteiger partial charge < -0.3 is 14.6 Å². The van der Waals surface area contributed by atoms with Gasteiger partial charge >= 0.3 is 0 Å². The molecular formula is C25H27NO5S. The number of fused-ring (bicyclic) bond motifs is 1. The molecule has 0 spiro atoms. The summed E-state index contributed by atoms with van der Waals surface area (Å²) in [5.74, 6) is 1.64. The number of aromatic hydroxyl groups is 1. The minimum atomic E-state index is -0.480. The Hall–Kier alpha value is -2.93. The van der Waals surface area contributed by atoms with Crippen molar-refractivity contribution in [1.29, 1.82) is 0 Å². The summed E-state index contributed by atoms with van der Waals surface area (Å²) in [6, 6.07) is 7.41. The SMILES string of the molecule is Cc1c(C)c2c(c(C)c1O)CCC(C)(COc1ccc(/C=C3/SC(=O)N(C)C3=O)cc1)O2. The fourth-order valence-corrected chi connectivity index (χ4v) is 4.82. The molecule has 0 saturated carbocycles. The van der Waals surface area contributed by atoms with Crippen molar-refractivity contribution < 1.29 is 24.2 Å². The number of rotatable bonds is 4. The summed E-state index contributed by atoms with van der Waals surface area (Å²) in [5.41, 5.74) is 4.13. The highest BCUT2D eigenvalue weighted by Crippen LogP contribution is 2.43. The average molecular weight is 454 g/mol. The molecule has 32 heavy (non-hydrogen) atoms. The van der Waals surface area contributed by atoms with Crippen LogP contribution in [0.25, 0.3) is 6.08 Å². The van der Waals surface area contributed by atoms with Gasteiger partial charge in [-0.1, -0.05) is 12.1 Å². The number of carbonyl (C=O) groups excluding carboxylic acids is 2. The van der Waals surface area contributed by atoms with E-state index < -0.39 is 5.60 Å². The largest absolute Gasteiger partial charge is 0.507 e. The number of amides is 2. The molecule has 7 heteroatoms.